The second-order valence-corrected chi connectivity index (χ2v) is 12.0. The smallest absolute Gasteiger partial charge is 0.251 e. The zero-order chi connectivity index (χ0) is 30.2. The van der Waals surface area contributed by atoms with Gasteiger partial charge < -0.3 is 20.1 Å². The van der Waals surface area contributed by atoms with E-state index in [0.717, 1.165) is 53.0 Å². The zero-order valence-corrected chi connectivity index (χ0v) is 25.9. The van der Waals surface area contributed by atoms with Crippen molar-refractivity contribution in [3.63, 3.8) is 0 Å². The third-order valence-electron chi connectivity index (χ3n) is 7.94. The number of nitrogens with one attached hydrogen (secondary N) is 2. The van der Waals surface area contributed by atoms with Gasteiger partial charge in [-0.05, 0) is 72.5 Å². The quantitative estimate of drug-likeness (QED) is 0.167. The van der Waals surface area contributed by atoms with Gasteiger partial charge in [-0.2, -0.15) is 0 Å². The number of ether oxygens (including phenoxy) is 2. The summed E-state index contributed by atoms with van der Waals surface area (Å²) < 4.78 is 10.7. The standard InChI is InChI=1S/C35H35ClN2O4S/c1-41-29-17-12-26(31(21-29)42-2)22-37-33(39)25-9-7-8-24(20-25)23-43-32-11-4-3-10-30(32)38-34(40)35(18-5-6-19-35)27-13-15-28(36)16-14-27/h3-4,7-17,20-21H,5-6,18-19,22-23H2,1-2H3,(H,37,39)(H,38,40). The second kappa shape index (κ2) is 14.0. The van der Waals surface area contributed by atoms with Gasteiger partial charge in [-0.3, -0.25) is 9.59 Å². The van der Waals surface area contributed by atoms with Gasteiger partial charge >= 0.3 is 0 Å². The molecule has 1 aliphatic rings. The maximum Gasteiger partial charge on any atom is 0.251 e. The van der Waals surface area contributed by atoms with Crippen LogP contribution in [0.3, 0.4) is 0 Å². The van der Waals surface area contributed by atoms with E-state index in [1.54, 1.807) is 38.1 Å². The fourth-order valence-electron chi connectivity index (χ4n) is 5.57. The number of halogens is 1. The number of amides is 2. The van der Waals surface area contributed by atoms with E-state index in [1.165, 1.54) is 0 Å². The monoisotopic (exact) mass is 614 g/mol. The first kappa shape index (κ1) is 30.5. The lowest BCUT2D eigenvalue weighted by Gasteiger charge is -2.29. The Morgan fingerprint density at radius 2 is 1.65 bits per heavy atom. The van der Waals surface area contributed by atoms with Crippen LogP contribution in [0, 0.1) is 0 Å². The van der Waals surface area contributed by atoms with Gasteiger partial charge in [0.2, 0.25) is 5.91 Å². The first-order chi connectivity index (χ1) is 20.9. The van der Waals surface area contributed by atoms with Crippen molar-refractivity contribution >= 4 is 40.9 Å². The van der Waals surface area contributed by atoms with Crippen molar-refractivity contribution in [2.24, 2.45) is 0 Å². The number of hydrogen-bond acceptors (Lipinski definition) is 5. The lowest BCUT2D eigenvalue weighted by molar-refractivity contribution is -0.121. The van der Waals surface area contributed by atoms with Crippen LogP contribution >= 0.6 is 23.4 Å². The molecule has 0 radical (unpaired) electrons. The topological polar surface area (TPSA) is 76.7 Å². The summed E-state index contributed by atoms with van der Waals surface area (Å²) in [5.74, 6) is 1.84. The Morgan fingerprint density at radius 3 is 2.40 bits per heavy atom. The average Bonchev–Trinajstić information content (AvgIpc) is 3.55. The molecule has 5 rings (SSSR count). The van der Waals surface area contributed by atoms with E-state index >= 15 is 0 Å². The van der Waals surface area contributed by atoms with Crippen LogP contribution < -0.4 is 20.1 Å². The van der Waals surface area contributed by atoms with Gasteiger partial charge in [-0.1, -0.05) is 60.8 Å². The molecule has 1 fully saturated rings. The van der Waals surface area contributed by atoms with Gasteiger partial charge in [0.15, 0.2) is 0 Å². The molecule has 222 valence electrons. The summed E-state index contributed by atoms with van der Waals surface area (Å²) in [7, 11) is 3.20. The average molecular weight is 615 g/mol. The zero-order valence-electron chi connectivity index (χ0n) is 24.3. The predicted molar refractivity (Wildman–Crippen MR) is 173 cm³/mol. The molecule has 1 saturated carbocycles. The highest BCUT2D eigenvalue weighted by Gasteiger charge is 2.42. The Labute approximate surface area is 262 Å². The molecule has 0 atom stereocenters. The molecule has 0 aromatic heterocycles. The predicted octanol–water partition coefficient (Wildman–Crippen LogP) is 8.03. The maximum atomic E-state index is 13.8. The summed E-state index contributed by atoms with van der Waals surface area (Å²) in [5.41, 5.74) is 3.70. The van der Waals surface area contributed by atoms with Crippen molar-refractivity contribution < 1.29 is 19.1 Å². The van der Waals surface area contributed by atoms with E-state index in [-0.39, 0.29) is 11.8 Å². The molecule has 0 spiro atoms. The van der Waals surface area contributed by atoms with Crippen molar-refractivity contribution in [3.8, 4) is 11.5 Å². The lowest BCUT2D eigenvalue weighted by atomic mass is 9.78. The van der Waals surface area contributed by atoms with Crippen LogP contribution in [0.25, 0.3) is 0 Å². The minimum absolute atomic E-state index is 0.0209. The van der Waals surface area contributed by atoms with Crippen molar-refractivity contribution in [1.29, 1.82) is 0 Å². The number of hydrogen-bond donors (Lipinski definition) is 2. The summed E-state index contributed by atoms with van der Waals surface area (Å²) in [6.45, 7) is 0.329. The third kappa shape index (κ3) is 7.17. The van der Waals surface area contributed by atoms with Crippen molar-refractivity contribution in [3.05, 3.63) is 118 Å². The summed E-state index contributed by atoms with van der Waals surface area (Å²) >= 11 is 7.76. The number of benzene rings is 4. The molecule has 43 heavy (non-hydrogen) atoms. The van der Waals surface area contributed by atoms with E-state index in [0.29, 0.717) is 34.4 Å². The van der Waals surface area contributed by atoms with Crippen molar-refractivity contribution in [1.82, 2.24) is 5.32 Å². The number of methoxy groups -OCH3 is 2. The van der Waals surface area contributed by atoms with Gasteiger partial charge in [-0.25, -0.2) is 0 Å². The Kier molecular flexibility index (Phi) is 9.95. The highest BCUT2D eigenvalue weighted by molar-refractivity contribution is 7.98. The van der Waals surface area contributed by atoms with Crippen LogP contribution in [0.1, 0.15) is 52.7 Å². The summed E-state index contributed by atoms with van der Waals surface area (Å²) in [6, 6.07) is 28.7. The molecule has 4 aromatic rings. The molecular formula is C35H35ClN2O4S. The number of anilines is 1. The third-order valence-corrected chi connectivity index (χ3v) is 9.34. The minimum atomic E-state index is -0.556. The van der Waals surface area contributed by atoms with Gasteiger partial charge in [-0.15, -0.1) is 11.8 Å². The normalized spacial score (nSPS) is 13.7. The molecule has 2 N–H and O–H groups in total. The summed E-state index contributed by atoms with van der Waals surface area (Å²) in [4.78, 5) is 27.8. The van der Waals surface area contributed by atoms with Crippen LogP contribution in [-0.4, -0.2) is 26.0 Å². The fourth-order valence-corrected chi connectivity index (χ4v) is 6.65. The molecule has 0 saturated heterocycles. The van der Waals surface area contributed by atoms with Crippen molar-refractivity contribution in [2.45, 2.75) is 48.3 Å². The van der Waals surface area contributed by atoms with Crippen LogP contribution in [0.4, 0.5) is 5.69 Å². The molecule has 6 nitrogen and oxygen atoms in total. The van der Waals surface area contributed by atoms with E-state index < -0.39 is 5.41 Å². The van der Waals surface area contributed by atoms with Gasteiger partial charge in [0.05, 0.1) is 25.3 Å². The Balaban J connectivity index is 1.24. The Hall–Kier alpha value is -3.94. The summed E-state index contributed by atoms with van der Waals surface area (Å²) in [5, 5.41) is 6.90. The van der Waals surface area contributed by atoms with Gasteiger partial charge in [0.1, 0.15) is 11.5 Å². The molecule has 0 aliphatic heterocycles. The van der Waals surface area contributed by atoms with Crippen molar-refractivity contribution in [2.75, 3.05) is 19.5 Å². The molecule has 8 heteroatoms. The molecule has 2 amide bonds. The number of carbonyl (C=O) groups excluding carboxylic acids is 2. The first-order valence-corrected chi connectivity index (χ1v) is 15.7. The maximum absolute atomic E-state index is 13.8. The molecule has 4 aromatic carbocycles. The van der Waals surface area contributed by atoms with Gasteiger partial charge in [0.25, 0.3) is 5.91 Å². The van der Waals surface area contributed by atoms with Crippen LogP contribution in [0.5, 0.6) is 11.5 Å². The molecule has 0 heterocycles. The molecular weight excluding hydrogens is 580 g/mol. The number of rotatable bonds is 11. The van der Waals surface area contributed by atoms with Crippen LogP contribution in [0.2, 0.25) is 5.02 Å². The van der Waals surface area contributed by atoms with E-state index in [1.807, 2.05) is 78.9 Å². The van der Waals surface area contributed by atoms with E-state index in [4.69, 9.17) is 21.1 Å². The molecule has 1 aliphatic carbocycles. The molecule has 0 unspecified atom stereocenters. The Morgan fingerprint density at radius 1 is 0.884 bits per heavy atom. The highest BCUT2D eigenvalue weighted by atomic mass is 35.5. The largest absolute Gasteiger partial charge is 0.497 e. The minimum Gasteiger partial charge on any atom is -0.497 e. The number of thioether (sulfide) groups is 1. The fraction of sp³-hybridized carbons (Fsp3) is 0.257. The SMILES string of the molecule is COc1ccc(CNC(=O)c2cccc(CSc3ccccc3NC(=O)C3(c4ccc(Cl)cc4)CCCC3)c2)c(OC)c1. The number of carbonyl (C=O) groups is 2. The van der Waals surface area contributed by atoms with Crippen LogP contribution in [0.15, 0.2) is 95.9 Å². The first-order valence-electron chi connectivity index (χ1n) is 14.3. The number of para-hydroxylation sites is 1. The van der Waals surface area contributed by atoms with E-state index in [2.05, 4.69) is 10.6 Å². The summed E-state index contributed by atoms with van der Waals surface area (Å²) in [6.07, 6.45) is 3.67. The van der Waals surface area contributed by atoms with Gasteiger partial charge in [0, 0.05) is 39.4 Å². The van der Waals surface area contributed by atoms with E-state index in [9.17, 15) is 9.59 Å². The second-order valence-electron chi connectivity index (χ2n) is 10.6. The van der Waals surface area contributed by atoms with Crippen LogP contribution in [-0.2, 0) is 22.5 Å². The highest BCUT2D eigenvalue weighted by Crippen LogP contribution is 2.43. The Bertz CT molecular complexity index is 1590. The lowest BCUT2D eigenvalue weighted by Crippen LogP contribution is -2.38. The molecule has 0 bridgehead atoms.